The van der Waals surface area contributed by atoms with Gasteiger partial charge in [-0.25, -0.2) is 18.2 Å². The third-order valence-corrected chi connectivity index (χ3v) is 2.10. The van der Waals surface area contributed by atoms with E-state index in [1.807, 2.05) is 0 Å². The van der Waals surface area contributed by atoms with Crippen molar-refractivity contribution < 1.29 is 22.7 Å². The molecule has 0 aliphatic carbocycles. The van der Waals surface area contributed by atoms with E-state index in [2.05, 4.69) is 9.72 Å². The third kappa shape index (κ3) is 2.85. The second kappa shape index (κ2) is 5.16. The molecule has 0 N–H and O–H groups in total. The van der Waals surface area contributed by atoms with Crippen LogP contribution in [0.5, 0.6) is 0 Å². The van der Waals surface area contributed by atoms with Crippen molar-refractivity contribution >= 4 is 17.6 Å². The van der Waals surface area contributed by atoms with Gasteiger partial charge in [-0.2, -0.15) is 0 Å². The lowest BCUT2D eigenvalue weighted by atomic mass is 10.2. The van der Waals surface area contributed by atoms with Crippen LogP contribution in [0.25, 0.3) is 0 Å². The summed E-state index contributed by atoms with van der Waals surface area (Å²) in [6, 6.07) is 0.703. The van der Waals surface area contributed by atoms with Crippen molar-refractivity contribution in [2.24, 2.45) is 0 Å². The van der Waals surface area contributed by atoms with Gasteiger partial charge in [-0.05, 0) is 6.07 Å². The summed E-state index contributed by atoms with van der Waals surface area (Å²) < 4.78 is 41.9. The summed E-state index contributed by atoms with van der Waals surface area (Å²) in [5.74, 6) is -1.89. The van der Waals surface area contributed by atoms with E-state index in [1.165, 1.54) is 0 Å². The van der Waals surface area contributed by atoms with E-state index in [-0.39, 0.29) is 17.1 Å². The molecule has 16 heavy (non-hydrogen) atoms. The first-order chi connectivity index (χ1) is 7.45. The molecule has 0 radical (unpaired) electrons. The molecule has 1 aromatic heterocycles. The highest BCUT2D eigenvalue weighted by molar-refractivity contribution is 6.31. The van der Waals surface area contributed by atoms with Crippen LogP contribution >= 0.6 is 11.6 Å². The lowest BCUT2D eigenvalue weighted by molar-refractivity contribution is -0.139. The largest absolute Gasteiger partial charge is 0.469 e. The van der Waals surface area contributed by atoms with E-state index in [4.69, 9.17) is 11.6 Å². The van der Waals surface area contributed by atoms with Crippen molar-refractivity contribution in [2.45, 2.75) is 12.8 Å². The lowest BCUT2D eigenvalue weighted by Gasteiger charge is -2.06. The van der Waals surface area contributed by atoms with Gasteiger partial charge in [0, 0.05) is 0 Å². The first-order valence-electron chi connectivity index (χ1n) is 4.15. The molecule has 1 aromatic rings. The number of ether oxygens (including phenoxy) is 1. The van der Waals surface area contributed by atoms with Crippen LogP contribution in [0.4, 0.5) is 13.2 Å². The lowest BCUT2D eigenvalue weighted by Crippen LogP contribution is -2.09. The zero-order valence-corrected chi connectivity index (χ0v) is 8.89. The maximum absolute atomic E-state index is 13.0. The first-order valence-corrected chi connectivity index (χ1v) is 4.53. The van der Waals surface area contributed by atoms with Crippen molar-refractivity contribution in [3.8, 4) is 0 Å². The monoisotopic (exact) mass is 253 g/mol. The molecule has 0 unspecified atom stereocenters. The molecule has 0 aliphatic rings. The summed E-state index contributed by atoms with van der Waals surface area (Å²) in [6.07, 6.45) is -3.44. The summed E-state index contributed by atoms with van der Waals surface area (Å²) in [7, 11) is 1.13. The van der Waals surface area contributed by atoms with E-state index < -0.39 is 23.9 Å². The van der Waals surface area contributed by atoms with Gasteiger partial charge in [0.05, 0.1) is 24.2 Å². The van der Waals surface area contributed by atoms with Crippen molar-refractivity contribution in [1.82, 2.24) is 4.98 Å². The molecule has 0 amide bonds. The highest BCUT2D eigenvalue weighted by atomic mass is 35.5. The summed E-state index contributed by atoms with van der Waals surface area (Å²) >= 11 is 5.55. The standard InChI is InChI=1S/C9H7ClF3NO2/c1-16-7(15)3-6-4(10)2-5(11)8(14-6)9(12)13/h2,9H,3H2,1H3. The van der Waals surface area contributed by atoms with Gasteiger partial charge in [-0.3, -0.25) is 4.79 Å². The summed E-state index contributed by atoms with van der Waals surface area (Å²) in [5, 5.41) is -0.188. The van der Waals surface area contributed by atoms with Crippen LogP contribution in [0.3, 0.4) is 0 Å². The smallest absolute Gasteiger partial charge is 0.311 e. The molecular formula is C9H7ClF3NO2. The second-order valence-electron chi connectivity index (χ2n) is 2.84. The van der Waals surface area contributed by atoms with Crippen LogP contribution < -0.4 is 0 Å². The van der Waals surface area contributed by atoms with E-state index in [1.54, 1.807) is 0 Å². The van der Waals surface area contributed by atoms with Crippen molar-refractivity contribution in [3.05, 3.63) is 28.3 Å². The number of esters is 1. The zero-order valence-electron chi connectivity index (χ0n) is 8.14. The number of halogens is 4. The van der Waals surface area contributed by atoms with Crippen molar-refractivity contribution in [2.75, 3.05) is 7.11 Å². The third-order valence-electron chi connectivity index (χ3n) is 1.78. The van der Waals surface area contributed by atoms with Gasteiger partial charge in [-0.1, -0.05) is 11.6 Å². The van der Waals surface area contributed by atoms with E-state index in [0.717, 1.165) is 7.11 Å². The van der Waals surface area contributed by atoms with Gasteiger partial charge < -0.3 is 4.74 Å². The van der Waals surface area contributed by atoms with Crippen LogP contribution in [0, 0.1) is 5.82 Å². The molecule has 1 heterocycles. The number of rotatable bonds is 3. The minimum Gasteiger partial charge on any atom is -0.469 e. The number of alkyl halides is 2. The molecule has 3 nitrogen and oxygen atoms in total. The molecule has 0 aromatic carbocycles. The molecule has 0 saturated heterocycles. The topological polar surface area (TPSA) is 39.2 Å². The highest BCUT2D eigenvalue weighted by Gasteiger charge is 2.19. The minimum atomic E-state index is -3.06. The Morgan fingerprint density at radius 1 is 1.62 bits per heavy atom. The maximum atomic E-state index is 13.0. The predicted octanol–water partition coefficient (Wildman–Crippen LogP) is 2.53. The van der Waals surface area contributed by atoms with Crippen molar-refractivity contribution in [1.29, 1.82) is 0 Å². The number of carbonyl (C=O) groups excluding carboxylic acids is 1. The van der Waals surface area contributed by atoms with Crippen LogP contribution in [0.2, 0.25) is 5.02 Å². The van der Waals surface area contributed by atoms with E-state index in [9.17, 15) is 18.0 Å². The average Bonchev–Trinajstić information content (AvgIpc) is 2.21. The first kappa shape index (κ1) is 12.8. The van der Waals surface area contributed by atoms with Gasteiger partial charge in [0.2, 0.25) is 0 Å². The maximum Gasteiger partial charge on any atom is 0.311 e. The number of hydrogen-bond acceptors (Lipinski definition) is 3. The van der Waals surface area contributed by atoms with Crippen molar-refractivity contribution in [3.63, 3.8) is 0 Å². The summed E-state index contributed by atoms with van der Waals surface area (Å²) in [5.41, 5.74) is -1.16. The van der Waals surface area contributed by atoms with Gasteiger partial charge in [0.15, 0.2) is 5.82 Å². The minimum absolute atomic E-state index is 0.134. The van der Waals surface area contributed by atoms with Gasteiger partial charge in [0.25, 0.3) is 6.43 Å². The van der Waals surface area contributed by atoms with Gasteiger partial charge >= 0.3 is 5.97 Å². The predicted molar refractivity (Wildman–Crippen MR) is 49.9 cm³/mol. The van der Waals surface area contributed by atoms with Gasteiger partial charge in [0.1, 0.15) is 5.69 Å². The second-order valence-corrected chi connectivity index (χ2v) is 3.24. The molecule has 0 bridgehead atoms. The average molecular weight is 254 g/mol. The quantitative estimate of drug-likeness (QED) is 0.777. The Labute approximate surface area is 94.2 Å². The van der Waals surface area contributed by atoms with Crippen LogP contribution in [-0.2, 0) is 16.0 Å². The van der Waals surface area contributed by atoms with Crippen LogP contribution in [0.1, 0.15) is 17.8 Å². The van der Waals surface area contributed by atoms with E-state index >= 15 is 0 Å². The molecule has 0 atom stereocenters. The normalized spacial score (nSPS) is 10.6. The number of carbonyl (C=O) groups is 1. The fraction of sp³-hybridized carbons (Fsp3) is 0.333. The highest BCUT2D eigenvalue weighted by Crippen LogP contribution is 2.24. The Bertz CT molecular complexity index is 412. The Morgan fingerprint density at radius 2 is 2.25 bits per heavy atom. The Kier molecular flexibility index (Phi) is 4.12. The molecule has 0 spiro atoms. The molecule has 88 valence electrons. The fourth-order valence-corrected chi connectivity index (χ4v) is 1.21. The van der Waals surface area contributed by atoms with E-state index in [0.29, 0.717) is 6.07 Å². The SMILES string of the molecule is COC(=O)Cc1nc(C(F)F)c(F)cc1Cl. The number of hydrogen-bond donors (Lipinski definition) is 0. The summed E-state index contributed by atoms with van der Waals surface area (Å²) in [6.45, 7) is 0. The fourth-order valence-electron chi connectivity index (χ4n) is 1.01. The Morgan fingerprint density at radius 3 is 2.75 bits per heavy atom. The molecule has 0 aliphatic heterocycles. The van der Waals surface area contributed by atoms with Crippen LogP contribution in [-0.4, -0.2) is 18.1 Å². The number of aromatic nitrogens is 1. The molecule has 7 heteroatoms. The number of pyridine rings is 1. The molecule has 0 fully saturated rings. The Hall–Kier alpha value is -1.30. The Balaban J connectivity index is 3.09. The number of methoxy groups -OCH3 is 1. The molecule has 1 rings (SSSR count). The van der Waals surface area contributed by atoms with Crippen LogP contribution in [0.15, 0.2) is 6.07 Å². The van der Waals surface area contributed by atoms with Gasteiger partial charge in [-0.15, -0.1) is 0 Å². The zero-order chi connectivity index (χ0) is 12.3. The summed E-state index contributed by atoms with van der Waals surface area (Å²) in [4.78, 5) is 14.2. The number of nitrogens with zero attached hydrogens (tertiary/aromatic N) is 1. The molecule has 0 saturated carbocycles. The molecular weight excluding hydrogens is 247 g/mol.